The minimum atomic E-state index is -0.468. The summed E-state index contributed by atoms with van der Waals surface area (Å²) in [5, 5.41) is 7.77. The first-order chi connectivity index (χ1) is 6.25. The molecule has 2 unspecified atom stereocenters. The van der Waals surface area contributed by atoms with E-state index in [1.165, 1.54) is 6.42 Å². The zero-order chi connectivity index (χ0) is 9.00. The average molecular weight is 175 g/mol. The number of hydrogen-bond donors (Lipinski definition) is 1. The van der Waals surface area contributed by atoms with Crippen LogP contribution in [0.25, 0.3) is 0 Å². The molecule has 1 fully saturated rings. The Kier molecular flexibility index (Phi) is 1.12. The quantitative estimate of drug-likeness (QED) is 0.609. The number of nitrogens with two attached hydrogens (primary N) is 1. The summed E-state index contributed by atoms with van der Waals surface area (Å²) < 4.78 is 0. The highest BCUT2D eigenvalue weighted by Crippen LogP contribution is 2.47. The molecular formula is C9H9N3O. The van der Waals surface area contributed by atoms with Crippen molar-refractivity contribution < 1.29 is 4.79 Å². The molecule has 1 heterocycles. The van der Waals surface area contributed by atoms with Gasteiger partial charge in [0.2, 0.25) is 0 Å². The summed E-state index contributed by atoms with van der Waals surface area (Å²) in [6, 6.07) is 0. The molecule has 2 N–H and O–H groups in total. The number of amides is 1. The number of carbonyl (C=O) groups is 1. The lowest BCUT2D eigenvalue weighted by molar-refractivity contribution is -0.111. The van der Waals surface area contributed by atoms with Crippen LogP contribution in [0, 0.1) is 11.8 Å². The van der Waals surface area contributed by atoms with Gasteiger partial charge in [-0.3, -0.25) is 4.79 Å². The molecule has 0 saturated heterocycles. The third-order valence-electron chi connectivity index (χ3n) is 2.88. The Bertz CT molecular complexity index is 392. The molecule has 0 aromatic heterocycles. The van der Waals surface area contributed by atoms with Crippen LogP contribution < -0.4 is 5.73 Å². The predicted octanol–water partition coefficient (Wildman–Crippen LogP) is 0.248. The zero-order valence-corrected chi connectivity index (χ0v) is 7.03. The van der Waals surface area contributed by atoms with Gasteiger partial charge in [-0.25, -0.2) is 0 Å². The van der Waals surface area contributed by atoms with Crippen LogP contribution in [0.2, 0.25) is 0 Å². The van der Waals surface area contributed by atoms with Crippen molar-refractivity contribution >= 4 is 17.3 Å². The van der Waals surface area contributed by atoms with E-state index in [2.05, 4.69) is 16.3 Å². The minimum absolute atomic E-state index is 0.348. The molecule has 13 heavy (non-hydrogen) atoms. The van der Waals surface area contributed by atoms with Gasteiger partial charge in [0.15, 0.2) is 5.71 Å². The van der Waals surface area contributed by atoms with Gasteiger partial charge in [-0.2, -0.15) is 5.10 Å². The van der Waals surface area contributed by atoms with Crippen molar-refractivity contribution in [2.24, 2.45) is 27.8 Å². The molecule has 66 valence electrons. The number of carbonyl (C=O) groups excluding carboxylic acids is 1. The van der Waals surface area contributed by atoms with Crippen LogP contribution in [0.4, 0.5) is 0 Å². The van der Waals surface area contributed by atoms with Crippen LogP contribution in [0.1, 0.15) is 12.8 Å². The van der Waals surface area contributed by atoms with E-state index in [4.69, 9.17) is 5.73 Å². The average Bonchev–Trinajstić information content (AvgIpc) is 2.70. The molecule has 0 spiro atoms. The largest absolute Gasteiger partial charge is 0.364 e. The van der Waals surface area contributed by atoms with Crippen molar-refractivity contribution in [2.75, 3.05) is 0 Å². The molecule has 3 aliphatic rings. The summed E-state index contributed by atoms with van der Waals surface area (Å²) in [6.07, 6.45) is 4.30. The molecule has 3 rings (SSSR count). The van der Waals surface area contributed by atoms with E-state index in [1.54, 1.807) is 0 Å². The second kappa shape index (κ2) is 2.07. The Labute approximate surface area is 75.2 Å². The third-order valence-corrected chi connectivity index (χ3v) is 2.88. The van der Waals surface area contributed by atoms with Crippen LogP contribution >= 0.6 is 0 Å². The van der Waals surface area contributed by atoms with E-state index < -0.39 is 5.91 Å². The van der Waals surface area contributed by atoms with E-state index in [-0.39, 0.29) is 0 Å². The van der Waals surface area contributed by atoms with Crippen LogP contribution in [0.5, 0.6) is 0 Å². The molecule has 2 aliphatic carbocycles. The maximum Gasteiger partial charge on any atom is 0.269 e. The number of rotatable bonds is 1. The van der Waals surface area contributed by atoms with Gasteiger partial charge in [-0.05, 0) is 24.7 Å². The summed E-state index contributed by atoms with van der Waals surface area (Å²) >= 11 is 0. The topological polar surface area (TPSA) is 67.8 Å². The Hall–Kier alpha value is -1.45. The first-order valence-corrected chi connectivity index (χ1v) is 4.42. The molecule has 1 aliphatic heterocycles. The lowest BCUT2D eigenvalue weighted by atomic mass is 9.94. The van der Waals surface area contributed by atoms with E-state index in [0.717, 1.165) is 23.6 Å². The third kappa shape index (κ3) is 0.883. The van der Waals surface area contributed by atoms with Crippen LogP contribution in [-0.2, 0) is 4.79 Å². The molecule has 0 bridgehead atoms. The van der Waals surface area contributed by atoms with Crippen LogP contribution in [-0.4, -0.2) is 17.3 Å². The summed E-state index contributed by atoms with van der Waals surface area (Å²) in [4.78, 5) is 11.0. The molecule has 4 nitrogen and oxygen atoms in total. The number of nitrogens with zero attached hydrogens (tertiary/aromatic N) is 2. The number of primary amides is 1. The fourth-order valence-electron chi connectivity index (χ4n) is 2.03. The maximum atomic E-state index is 11.0. The highest BCUT2D eigenvalue weighted by Gasteiger charge is 2.43. The van der Waals surface area contributed by atoms with Gasteiger partial charge in [-0.1, -0.05) is 6.08 Å². The van der Waals surface area contributed by atoms with E-state index in [9.17, 15) is 4.79 Å². The monoisotopic (exact) mass is 175 g/mol. The Morgan fingerprint density at radius 2 is 2.38 bits per heavy atom. The fraction of sp³-hybridized carbons (Fsp3) is 0.444. The summed E-state index contributed by atoms with van der Waals surface area (Å²) in [5.41, 5.74) is 7.37. The first-order valence-electron chi connectivity index (χ1n) is 4.42. The molecule has 4 heteroatoms. The fourth-order valence-corrected chi connectivity index (χ4v) is 2.03. The SMILES string of the molecule is NC(=O)C1=NN=C2CC3CC3C=C21. The molecule has 0 aromatic carbocycles. The van der Waals surface area contributed by atoms with Crippen molar-refractivity contribution in [3.05, 3.63) is 11.6 Å². The highest BCUT2D eigenvalue weighted by atomic mass is 16.1. The summed E-state index contributed by atoms with van der Waals surface area (Å²) in [5.74, 6) is 0.936. The van der Waals surface area contributed by atoms with Gasteiger partial charge in [-0.15, -0.1) is 5.10 Å². The smallest absolute Gasteiger partial charge is 0.269 e. The number of hydrogen-bond acceptors (Lipinski definition) is 3. The second-order valence-corrected chi connectivity index (χ2v) is 3.80. The number of fused-ring (bicyclic) bond motifs is 2. The molecule has 0 radical (unpaired) electrons. The van der Waals surface area contributed by atoms with Crippen molar-refractivity contribution in [3.63, 3.8) is 0 Å². The Morgan fingerprint density at radius 1 is 1.54 bits per heavy atom. The van der Waals surface area contributed by atoms with Gasteiger partial charge in [0.05, 0.1) is 5.71 Å². The minimum Gasteiger partial charge on any atom is -0.364 e. The molecule has 1 saturated carbocycles. The van der Waals surface area contributed by atoms with Crippen molar-refractivity contribution in [1.82, 2.24) is 0 Å². The van der Waals surface area contributed by atoms with Gasteiger partial charge in [0.25, 0.3) is 5.91 Å². The normalized spacial score (nSPS) is 34.0. The summed E-state index contributed by atoms with van der Waals surface area (Å²) in [6.45, 7) is 0. The van der Waals surface area contributed by atoms with E-state index in [0.29, 0.717) is 11.6 Å². The lowest BCUT2D eigenvalue weighted by Gasteiger charge is -2.08. The van der Waals surface area contributed by atoms with Gasteiger partial charge < -0.3 is 5.73 Å². The van der Waals surface area contributed by atoms with Crippen molar-refractivity contribution in [2.45, 2.75) is 12.8 Å². The second-order valence-electron chi connectivity index (χ2n) is 3.80. The maximum absolute atomic E-state index is 11.0. The molecular weight excluding hydrogens is 166 g/mol. The Morgan fingerprint density at radius 3 is 3.15 bits per heavy atom. The van der Waals surface area contributed by atoms with Crippen molar-refractivity contribution in [3.8, 4) is 0 Å². The molecule has 2 atom stereocenters. The van der Waals surface area contributed by atoms with Crippen LogP contribution in [0.3, 0.4) is 0 Å². The first kappa shape index (κ1) is 7.00. The number of allylic oxidation sites excluding steroid dienone is 1. The summed E-state index contributed by atoms with van der Waals surface area (Å²) in [7, 11) is 0. The molecule has 0 aromatic rings. The predicted molar refractivity (Wildman–Crippen MR) is 48.4 cm³/mol. The Balaban J connectivity index is 2.02. The van der Waals surface area contributed by atoms with Gasteiger partial charge >= 0.3 is 0 Å². The lowest BCUT2D eigenvalue weighted by Crippen LogP contribution is -2.26. The van der Waals surface area contributed by atoms with Gasteiger partial charge in [0.1, 0.15) is 0 Å². The van der Waals surface area contributed by atoms with E-state index in [1.807, 2.05) is 0 Å². The standard InChI is InChI=1S/C9H9N3O/c10-9(13)8-6-2-4-1-5(4)3-7(6)11-12-8/h2,4-5H,1,3H2,(H2,10,13). The van der Waals surface area contributed by atoms with Crippen molar-refractivity contribution in [1.29, 1.82) is 0 Å². The molecule has 1 amide bonds. The van der Waals surface area contributed by atoms with E-state index >= 15 is 0 Å². The van der Waals surface area contributed by atoms with Crippen LogP contribution in [0.15, 0.2) is 21.9 Å². The van der Waals surface area contributed by atoms with Gasteiger partial charge in [0, 0.05) is 5.57 Å². The highest BCUT2D eigenvalue weighted by molar-refractivity contribution is 6.52. The zero-order valence-electron chi connectivity index (χ0n) is 7.03.